The molecule has 0 bridgehead atoms. The number of nitrogen functional groups attached to an aromatic ring is 1. The van der Waals surface area contributed by atoms with Crippen LogP contribution in [0.3, 0.4) is 0 Å². The highest BCUT2D eigenvalue weighted by molar-refractivity contribution is 7.52. The van der Waals surface area contributed by atoms with Gasteiger partial charge in [-0.25, -0.2) is 13.9 Å². The van der Waals surface area contributed by atoms with Crippen molar-refractivity contribution in [2.75, 3.05) is 24.7 Å². The Morgan fingerprint density at radius 1 is 1.30 bits per heavy atom. The fourth-order valence-corrected chi connectivity index (χ4v) is 5.66. The summed E-state index contributed by atoms with van der Waals surface area (Å²) in [7, 11) is -2.68. The first kappa shape index (κ1) is 29.6. The van der Waals surface area contributed by atoms with E-state index in [4.69, 9.17) is 24.3 Å². The van der Waals surface area contributed by atoms with E-state index in [-0.39, 0.29) is 17.3 Å². The number of para-hydroxylation sites is 1. The number of alkyl halides is 1. The quantitative estimate of drug-likeness (QED) is 0.191. The monoisotopic (exact) mass is 581 g/mol. The number of nitrogens with two attached hydrogens (primary N) is 1. The number of ether oxygens (including phenoxy) is 2. The van der Waals surface area contributed by atoms with Gasteiger partial charge in [0.15, 0.2) is 29.4 Å². The van der Waals surface area contributed by atoms with Crippen LogP contribution in [-0.4, -0.2) is 74.3 Å². The van der Waals surface area contributed by atoms with Gasteiger partial charge in [-0.2, -0.15) is 15.1 Å². The summed E-state index contributed by atoms with van der Waals surface area (Å²) in [5, 5.41) is 16.3. The SMILES string of the molecule is CNc1nc(N)nc2c1ncn2[C@@H]1O[C@](C)(CO[P@@](=O)(N[C@@H](C)C(=O)OC(C)C)Oc2ccccc2)[C@@H](O)[C@@H]1F. The van der Waals surface area contributed by atoms with E-state index < -0.39 is 56.6 Å². The lowest BCUT2D eigenvalue weighted by Gasteiger charge is -2.30. The first-order valence-electron chi connectivity index (χ1n) is 12.5. The third-order valence-electron chi connectivity index (χ3n) is 6.09. The number of esters is 1. The van der Waals surface area contributed by atoms with Gasteiger partial charge in [-0.05, 0) is 39.8 Å². The van der Waals surface area contributed by atoms with Crippen LogP contribution in [0.15, 0.2) is 36.7 Å². The van der Waals surface area contributed by atoms with Crippen molar-refractivity contribution in [3.05, 3.63) is 36.7 Å². The molecule has 14 nitrogen and oxygen atoms in total. The Labute approximate surface area is 230 Å². The molecule has 40 heavy (non-hydrogen) atoms. The molecule has 0 aliphatic carbocycles. The van der Waals surface area contributed by atoms with Crippen LogP contribution in [0.4, 0.5) is 16.2 Å². The van der Waals surface area contributed by atoms with E-state index >= 15 is 4.39 Å². The molecule has 218 valence electrons. The number of hydrogen-bond donors (Lipinski definition) is 4. The van der Waals surface area contributed by atoms with Crippen LogP contribution in [0.5, 0.6) is 5.75 Å². The van der Waals surface area contributed by atoms with Crippen molar-refractivity contribution in [3.63, 3.8) is 0 Å². The molecule has 3 aromatic rings. The minimum atomic E-state index is -4.30. The molecular formula is C24H33FN7O7P. The highest BCUT2D eigenvalue weighted by Crippen LogP contribution is 2.48. The molecule has 0 radical (unpaired) electrons. The summed E-state index contributed by atoms with van der Waals surface area (Å²) >= 11 is 0. The standard InChI is InChI=1S/C24H33FN7O7P/c1-13(2)37-22(34)14(3)31-40(35,39-15-9-7-6-8-10-15)36-11-24(4)18(33)16(25)21(38-24)32-12-28-17-19(27-5)29-23(26)30-20(17)32/h6-10,12-14,16,18,21,33H,11H2,1-5H3,(H,31,35)(H3,26,27,29,30)/t14-,16-,18-,21+,24+,40-/m0/s1. The molecule has 2 aromatic heterocycles. The highest BCUT2D eigenvalue weighted by atomic mass is 31.2. The Balaban J connectivity index is 1.57. The summed E-state index contributed by atoms with van der Waals surface area (Å²) in [5.74, 6) is -0.244. The van der Waals surface area contributed by atoms with Gasteiger partial charge in [-0.15, -0.1) is 0 Å². The van der Waals surface area contributed by atoms with Crippen LogP contribution in [0.2, 0.25) is 0 Å². The minimum absolute atomic E-state index is 0.0752. The molecule has 0 unspecified atom stereocenters. The molecule has 6 atom stereocenters. The van der Waals surface area contributed by atoms with Crippen LogP contribution in [-0.2, 0) is 23.4 Å². The Kier molecular flexibility index (Phi) is 8.61. The van der Waals surface area contributed by atoms with Crippen molar-refractivity contribution in [3.8, 4) is 5.75 Å². The molecule has 1 aliphatic heterocycles. The maximum Gasteiger partial charge on any atom is 0.459 e. The number of halogens is 1. The number of aliphatic hydroxyl groups is 1. The summed E-state index contributed by atoms with van der Waals surface area (Å²) in [5.41, 5.74) is 4.59. The number of aromatic nitrogens is 4. The lowest BCUT2D eigenvalue weighted by Crippen LogP contribution is -2.44. The van der Waals surface area contributed by atoms with Crippen molar-refractivity contribution in [2.24, 2.45) is 0 Å². The summed E-state index contributed by atoms with van der Waals surface area (Å²) in [6, 6.07) is 7.04. The number of fused-ring (bicyclic) bond motifs is 1. The summed E-state index contributed by atoms with van der Waals surface area (Å²) in [6.45, 7) is 5.60. The third kappa shape index (κ3) is 6.18. The zero-order valence-electron chi connectivity index (χ0n) is 22.6. The van der Waals surface area contributed by atoms with Crippen LogP contribution in [0.25, 0.3) is 11.2 Å². The number of aliphatic hydroxyl groups excluding tert-OH is 1. The number of benzene rings is 1. The maximum absolute atomic E-state index is 15.5. The number of imidazole rings is 1. The lowest BCUT2D eigenvalue weighted by molar-refractivity contribution is -0.149. The van der Waals surface area contributed by atoms with Crippen LogP contribution >= 0.6 is 7.75 Å². The van der Waals surface area contributed by atoms with Crippen LogP contribution in [0.1, 0.15) is 33.9 Å². The molecule has 5 N–H and O–H groups in total. The molecule has 1 aromatic carbocycles. The van der Waals surface area contributed by atoms with Gasteiger partial charge >= 0.3 is 13.7 Å². The van der Waals surface area contributed by atoms with Crippen LogP contribution < -0.4 is 20.7 Å². The minimum Gasteiger partial charge on any atom is -0.462 e. The summed E-state index contributed by atoms with van der Waals surface area (Å²) in [4.78, 5) is 24.8. The number of carbonyl (C=O) groups is 1. The zero-order valence-corrected chi connectivity index (χ0v) is 23.5. The van der Waals surface area contributed by atoms with Crippen LogP contribution in [0, 0.1) is 0 Å². The van der Waals surface area contributed by atoms with Gasteiger partial charge in [-0.3, -0.25) is 13.9 Å². The van der Waals surface area contributed by atoms with E-state index in [2.05, 4.69) is 25.4 Å². The number of nitrogens with zero attached hydrogens (tertiary/aromatic N) is 4. The average Bonchev–Trinajstić information content (AvgIpc) is 3.41. The Hall–Kier alpha value is -3.36. The van der Waals surface area contributed by atoms with E-state index in [0.717, 1.165) is 0 Å². The summed E-state index contributed by atoms with van der Waals surface area (Å²) in [6.07, 6.45) is -4.16. The Morgan fingerprint density at radius 2 is 2.00 bits per heavy atom. The average molecular weight is 582 g/mol. The van der Waals surface area contributed by atoms with Crippen molar-refractivity contribution >= 4 is 36.6 Å². The van der Waals surface area contributed by atoms with Gasteiger partial charge in [-0.1, -0.05) is 18.2 Å². The fourth-order valence-electron chi connectivity index (χ4n) is 4.07. The molecule has 1 aliphatic rings. The molecule has 0 spiro atoms. The second-order valence-corrected chi connectivity index (χ2v) is 11.4. The molecule has 3 heterocycles. The molecule has 0 saturated carbocycles. The first-order valence-corrected chi connectivity index (χ1v) is 14.1. The van der Waals surface area contributed by atoms with E-state index in [1.165, 1.54) is 24.7 Å². The Morgan fingerprint density at radius 3 is 2.65 bits per heavy atom. The van der Waals surface area contributed by atoms with Crippen molar-refractivity contribution in [2.45, 2.75) is 63.9 Å². The molecule has 1 saturated heterocycles. The molecule has 4 rings (SSSR count). The van der Waals surface area contributed by atoms with E-state index in [0.29, 0.717) is 11.3 Å². The zero-order chi connectivity index (χ0) is 29.2. The predicted octanol–water partition coefficient (Wildman–Crippen LogP) is 2.57. The van der Waals surface area contributed by atoms with Crippen molar-refractivity contribution in [1.82, 2.24) is 24.6 Å². The molecule has 16 heteroatoms. The summed E-state index contributed by atoms with van der Waals surface area (Å²) < 4.78 is 53.0. The van der Waals surface area contributed by atoms with Crippen molar-refractivity contribution < 1.29 is 37.4 Å². The normalized spacial score (nSPS) is 25.1. The largest absolute Gasteiger partial charge is 0.462 e. The number of hydrogen-bond acceptors (Lipinski definition) is 12. The molecule has 0 amide bonds. The smallest absolute Gasteiger partial charge is 0.459 e. The number of rotatable bonds is 11. The molecular weight excluding hydrogens is 548 g/mol. The Bertz CT molecular complexity index is 1390. The number of anilines is 2. The lowest BCUT2D eigenvalue weighted by atomic mass is 9.99. The molecule has 1 fully saturated rings. The van der Waals surface area contributed by atoms with Gasteiger partial charge in [0.2, 0.25) is 5.95 Å². The van der Waals surface area contributed by atoms with Gasteiger partial charge in [0, 0.05) is 7.05 Å². The second-order valence-electron chi connectivity index (χ2n) is 9.73. The van der Waals surface area contributed by atoms with Crippen molar-refractivity contribution in [1.29, 1.82) is 0 Å². The maximum atomic E-state index is 15.5. The van der Waals surface area contributed by atoms with Gasteiger partial charge in [0.05, 0.1) is 19.0 Å². The van der Waals surface area contributed by atoms with E-state index in [9.17, 15) is 14.5 Å². The van der Waals surface area contributed by atoms with Gasteiger partial charge in [0.1, 0.15) is 23.5 Å². The predicted molar refractivity (Wildman–Crippen MR) is 143 cm³/mol. The van der Waals surface area contributed by atoms with Gasteiger partial charge < -0.3 is 30.2 Å². The second kappa shape index (κ2) is 11.6. The van der Waals surface area contributed by atoms with E-state index in [1.807, 2.05) is 0 Å². The van der Waals surface area contributed by atoms with E-state index in [1.54, 1.807) is 51.2 Å². The topological polar surface area (TPSA) is 185 Å². The highest BCUT2D eigenvalue weighted by Gasteiger charge is 2.55. The fraction of sp³-hybridized carbons (Fsp3) is 0.500. The number of nitrogens with one attached hydrogen (secondary N) is 2. The van der Waals surface area contributed by atoms with Gasteiger partial charge in [0.25, 0.3) is 0 Å². The number of carbonyl (C=O) groups excluding carboxylic acids is 1. The third-order valence-corrected chi connectivity index (χ3v) is 7.71. The first-order chi connectivity index (χ1) is 18.9.